The number of aromatic carboxylic acids is 1. The number of carboxylic acids is 1. The number of benzene rings is 1. The Hall–Kier alpha value is -4.63. The normalized spacial score (nSPS) is 13.9. The molecule has 0 radical (unpaired) electrons. The van der Waals surface area contributed by atoms with E-state index in [1.165, 1.54) is 21.5 Å². The fourth-order valence-electron chi connectivity index (χ4n) is 6.00. The van der Waals surface area contributed by atoms with Gasteiger partial charge in [0.15, 0.2) is 0 Å². The number of ether oxygens (including phenoxy) is 1. The lowest BCUT2D eigenvalue weighted by molar-refractivity contribution is 0.0699. The Bertz CT molecular complexity index is 2190. The Balaban J connectivity index is 1.36. The van der Waals surface area contributed by atoms with Crippen LogP contribution in [-0.4, -0.2) is 62.2 Å². The molecule has 0 spiro atoms. The lowest BCUT2D eigenvalue weighted by Crippen LogP contribution is -2.27. The number of nitrogens with zero attached hydrogens (tertiary/aromatic N) is 6. The number of carboxylic acid groups (broad SMARTS) is 1. The maximum absolute atomic E-state index is 14.0. The predicted molar refractivity (Wildman–Crippen MR) is 180 cm³/mol. The minimum atomic E-state index is -1.05. The molecule has 234 valence electrons. The molecule has 12 heteroatoms. The van der Waals surface area contributed by atoms with E-state index in [1.807, 2.05) is 7.05 Å². The molecule has 4 aromatic heterocycles. The zero-order valence-electron chi connectivity index (χ0n) is 26.0. The first-order valence-corrected chi connectivity index (χ1v) is 15.9. The summed E-state index contributed by atoms with van der Waals surface area (Å²) >= 11 is 7.66. The molecule has 46 heavy (non-hydrogen) atoms. The van der Waals surface area contributed by atoms with Crippen molar-refractivity contribution >= 4 is 55.6 Å². The van der Waals surface area contributed by atoms with E-state index in [2.05, 4.69) is 46.7 Å². The van der Waals surface area contributed by atoms with Crippen LogP contribution >= 0.6 is 22.9 Å². The standard InChI is InChI=1S/C34H31ClN6O4S/c1-18-39-26-14-38-29(23-15-40(5)16-25(23)34(2,3)4)22(13-36)28(26)32(42)41(18)10-11-45-27-7-6-19(35)12-21(27)20-8-9-37-30-24(33(43)44)17-46-31(20)30/h6-9,12,14,17H,10-11,15-16H2,1-5H3,(H,43,44). The van der Waals surface area contributed by atoms with Crippen LogP contribution in [0.25, 0.3) is 37.8 Å². The highest BCUT2D eigenvalue weighted by Gasteiger charge is 2.31. The molecule has 0 atom stereocenters. The Kier molecular flexibility index (Phi) is 8.14. The zero-order valence-corrected chi connectivity index (χ0v) is 27.6. The molecule has 1 aliphatic heterocycles. The molecular formula is C34H31ClN6O4S. The first-order valence-electron chi connectivity index (χ1n) is 14.6. The maximum Gasteiger partial charge on any atom is 0.338 e. The summed E-state index contributed by atoms with van der Waals surface area (Å²) in [7, 11) is 2.03. The minimum Gasteiger partial charge on any atom is -0.491 e. The number of aryl methyl sites for hydroxylation is 1. The van der Waals surface area contributed by atoms with E-state index < -0.39 is 5.97 Å². The Morgan fingerprint density at radius 3 is 2.70 bits per heavy atom. The van der Waals surface area contributed by atoms with Gasteiger partial charge in [0.1, 0.15) is 24.3 Å². The number of fused-ring (bicyclic) bond motifs is 2. The molecule has 0 bridgehead atoms. The number of nitriles is 1. The monoisotopic (exact) mass is 654 g/mol. The fraction of sp³-hybridized carbons (Fsp3) is 0.294. The van der Waals surface area contributed by atoms with Crippen molar-refractivity contribution in [3.63, 3.8) is 0 Å². The topological polar surface area (TPSA) is 134 Å². The molecule has 0 amide bonds. The first-order chi connectivity index (χ1) is 21.9. The SMILES string of the molecule is Cc1nc2cnc(C3=C(C(C)(C)C)CN(C)C3)c(C#N)c2c(=O)n1CCOc1ccc(Cl)cc1-c1ccnc2c(C(=O)O)csc12. The summed E-state index contributed by atoms with van der Waals surface area (Å²) in [5.74, 6) is -0.0628. The van der Waals surface area contributed by atoms with Crippen molar-refractivity contribution in [1.82, 2.24) is 24.4 Å². The number of likely N-dealkylation sites (N-methyl/N-ethyl adjacent to an activating group) is 1. The summed E-state index contributed by atoms with van der Waals surface area (Å²) in [5.41, 5.74) is 4.78. The fourth-order valence-corrected chi connectivity index (χ4v) is 7.20. The van der Waals surface area contributed by atoms with Crippen molar-refractivity contribution in [2.24, 2.45) is 5.41 Å². The largest absolute Gasteiger partial charge is 0.491 e. The third-order valence-electron chi connectivity index (χ3n) is 8.20. The lowest BCUT2D eigenvalue weighted by Gasteiger charge is -2.23. The van der Waals surface area contributed by atoms with E-state index in [-0.39, 0.29) is 40.6 Å². The third-order valence-corrected chi connectivity index (χ3v) is 9.44. The Labute approximate surface area is 274 Å². The third kappa shape index (κ3) is 5.53. The highest BCUT2D eigenvalue weighted by atomic mass is 35.5. The number of carbonyl (C=O) groups is 1. The van der Waals surface area contributed by atoms with Crippen molar-refractivity contribution in [3.8, 4) is 22.9 Å². The molecule has 0 saturated carbocycles. The van der Waals surface area contributed by atoms with E-state index in [4.69, 9.17) is 16.3 Å². The summed E-state index contributed by atoms with van der Waals surface area (Å²) in [5, 5.41) is 22.2. The van der Waals surface area contributed by atoms with Crippen molar-refractivity contribution in [1.29, 1.82) is 5.26 Å². The van der Waals surface area contributed by atoms with Gasteiger partial charge in [-0.2, -0.15) is 5.26 Å². The molecule has 0 unspecified atom stereocenters. The van der Waals surface area contributed by atoms with Crippen molar-refractivity contribution in [2.75, 3.05) is 26.7 Å². The second kappa shape index (κ2) is 11.9. The second-order valence-electron chi connectivity index (χ2n) is 12.3. The first kappa shape index (κ1) is 31.4. The molecule has 0 saturated heterocycles. The van der Waals surface area contributed by atoms with Crippen LogP contribution in [0.3, 0.4) is 0 Å². The molecule has 5 heterocycles. The van der Waals surface area contributed by atoms with Gasteiger partial charge in [0.2, 0.25) is 0 Å². The van der Waals surface area contributed by atoms with Crippen LogP contribution in [0.15, 0.2) is 52.4 Å². The van der Waals surface area contributed by atoms with Crippen LogP contribution in [0.2, 0.25) is 5.02 Å². The molecule has 0 aliphatic carbocycles. The molecule has 1 N–H and O–H groups in total. The van der Waals surface area contributed by atoms with Gasteiger partial charge in [-0.25, -0.2) is 9.78 Å². The number of hydrogen-bond donors (Lipinski definition) is 1. The van der Waals surface area contributed by atoms with E-state index in [0.29, 0.717) is 50.1 Å². The van der Waals surface area contributed by atoms with Crippen molar-refractivity contribution in [3.05, 3.63) is 85.6 Å². The van der Waals surface area contributed by atoms with E-state index in [1.54, 1.807) is 49.0 Å². The predicted octanol–water partition coefficient (Wildman–Crippen LogP) is 6.42. The van der Waals surface area contributed by atoms with Crippen molar-refractivity contribution in [2.45, 2.75) is 34.2 Å². The summed E-state index contributed by atoms with van der Waals surface area (Å²) < 4.78 is 8.45. The lowest BCUT2D eigenvalue weighted by atomic mass is 9.83. The van der Waals surface area contributed by atoms with Gasteiger partial charge in [0, 0.05) is 40.8 Å². The van der Waals surface area contributed by atoms with Gasteiger partial charge in [0.05, 0.1) is 50.7 Å². The molecular weight excluding hydrogens is 624 g/mol. The summed E-state index contributed by atoms with van der Waals surface area (Å²) in [6.45, 7) is 9.86. The Morgan fingerprint density at radius 2 is 1.98 bits per heavy atom. The van der Waals surface area contributed by atoms with E-state index >= 15 is 0 Å². The van der Waals surface area contributed by atoms with Crippen LogP contribution in [0.5, 0.6) is 5.75 Å². The number of aromatic nitrogens is 4. The van der Waals surface area contributed by atoms with E-state index in [0.717, 1.165) is 17.7 Å². The highest BCUT2D eigenvalue weighted by Crippen LogP contribution is 2.40. The van der Waals surface area contributed by atoms with Crippen LogP contribution in [0.4, 0.5) is 0 Å². The number of thiophene rings is 1. The average Bonchev–Trinajstić information content (AvgIpc) is 3.63. The highest BCUT2D eigenvalue weighted by molar-refractivity contribution is 7.18. The van der Waals surface area contributed by atoms with E-state index in [9.17, 15) is 20.0 Å². The van der Waals surface area contributed by atoms with Gasteiger partial charge in [0.25, 0.3) is 5.56 Å². The van der Waals surface area contributed by atoms with Crippen LogP contribution < -0.4 is 10.3 Å². The summed E-state index contributed by atoms with van der Waals surface area (Å²) in [6, 6.07) is 9.28. The number of halogens is 1. The quantitative estimate of drug-likeness (QED) is 0.211. The second-order valence-corrected chi connectivity index (χ2v) is 13.6. The smallest absolute Gasteiger partial charge is 0.338 e. The van der Waals surface area contributed by atoms with Crippen molar-refractivity contribution < 1.29 is 14.6 Å². The summed E-state index contributed by atoms with van der Waals surface area (Å²) in [6.07, 6.45) is 3.15. The summed E-state index contributed by atoms with van der Waals surface area (Å²) in [4.78, 5) is 41.5. The van der Waals surface area contributed by atoms with Crippen LogP contribution in [0.1, 0.15) is 48.2 Å². The van der Waals surface area contributed by atoms with Gasteiger partial charge in [-0.15, -0.1) is 11.3 Å². The van der Waals surface area contributed by atoms with Gasteiger partial charge in [-0.3, -0.25) is 24.2 Å². The van der Waals surface area contributed by atoms with Gasteiger partial charge < -0.3 is 9.84 Å². The van der Waals surface area contributed by atoms with Gasteiger partial charge in [-0.05, 0) is 54.8 Å². The van der Waals surface area contributed by atoms with Gasteiger partial charge in [-0.1, -0.05) is 32.4 Å². The Morgan fingerprint density at radius 1 is 1.20 bits per heavy atom. The molecule has 0 fully saturated rings. The molecule has 10 nitrogen and oxygen atoms in total. The molecule has 1 aliphatic rings. The molecule has 6 rings (SSSR count). The van der Waals surface area contributed by atoms with Crippen LogP contribution in [-0.2, 0) is 6.54 Å². The molecule has 5 aromatic rings. The maximum atomic E-state index is 14.0. The molecule has 1 aromatic carbocycles. The minimum absolute atomic E-state index is 0.117. The number of hydrogen-bond acceptors (Lipinski definition) is 9. The number of pyridine rings is 2. The van der Waals surface area contributed by atoms with Crippen LogP contribution in [0, 0.1) is 23.7 Å². The van der Waals surface area contributed by atoms with Gasteiger partial charge >= 0.3 is 5.97 Å². The number of rotatable bonds is 7. The average molecular weight is 655 g/mol. The zero-order chi connectivity index (χ0) is 32.9.